The Balaban J connectivity index is 2.67. The number of carbonyl (C=O) groups is 2. The zero-order chi connectivity index (χ0) is 30.1. The fourth-order valence-electron chi connectivity index (χ4n) is 5.51. The number of ether oxygens (including phenoxy) is 2. The molecule has 0 unspecified atom stereocenters. The van der Waals surface area contributed by atoms with Crippen LogP contribution in [0.5, 0.6) is 11.5 Å². The first-order valence-corrected chi connectivity index (χ1v) is 13.5. The Morgan fingerprint density at radius 3 is 2.35 bits per heavy atom. The number of rotatable bonds is 4. The molecule has 1 aliphatic heterocycles. The second-order valence-electron chi connectivity index (χ2n) is 10.8. The standard InChI is InChI=1S/C30H44N2O8/c1-16-8-7-9-17(2)29(37)32-25-13-22(35)12-23(26(25)36)24(15-34)18(3)11-21(14-33)28(39-6)20(5)10-19(4)27(16)40-30(31)38/h7-10,12-13,16,18,20-21,24,27-28,33-36H,11,14-15H2,1-6H3,(H2,31,38)(H,32,37)/t16-,18-,20-,21+,24+,27+,28+/m0/s1. The Hall–Kier alpha value is -3.34. The smallest absolute Gasteiger partial charge is 0.405 e. The SMILES string of the molecule is CO[C@H]1[C@@H](CO)C[C@H](C)[C@@H](CO)c2cc(O)cc(c2O)NC(=O)C(C)=CC=C[C@H](C)[C@@H](OC(N)=O)C(C)=C[C@@H]1C. The molecule has 0 fully saturated rings. The van der Waals surface area contributed by atoms with E-state index in [4.69, 9.17) is 15.2 Å². The van der Waals surface area contributed by atoms with Crippen LogP contribution in [-0.4, -0.2) is 65.0 Å². The van der Waals surface area contributed by atoms with Gasteiger partial charge in [0.15, 0.2) is 0 Å². The van der Waals surface area contributed by atoms with Gasteiger partial charge in [0.1, 0.15) is 17.6 Å². The van der Waals surface area contributed by atoms with Gasteiger partial charge in [0.2, 0.25) is 0 Å². The normalized spacial score (nSPS) is 28.8. The molecule has 1 heterocycles. The summed E-state index contributed by atoms with van der Waals surface area (Å²) in [7, 11) is 1.56. The number of aliphatic hydroxyl groups is 2. The monoisotopic (exact) mass is 560 g/mol. The van der Waals surface area contributed by atoms with Crippen molar-refractivity contribution in [1.29, 1.82) is 0 Å². The zero-order valence-corrected chi connectivity index (χ0v) is 24.1. The van der Waals surface area contributed by atoms with Gasteiger partial charge >= 0.3 is 6.09 Å². The maximum absolute atomic E-state index is 12.9. The van der Waals surface area contributed by atoms with E-state index in [9.17, 15) is 30.0 Å². The number of nitrogens with one attached hydrogen (secondary N) is 1. The highest BCUT2D eigenvalue weighted by molar-refractivity contribution is 6.04. The Kier molecular flexibility index (Phi) is 12.2. The number of amides is 2. The van der Waals surface area contributed by atoms with Crippen molar-refractivity contribution in [3.05, 3.63) is 53.1 Å². The van der Waals surface area contributed by atoms with Crippen molar-refractivity contribution in [3.63, 3.8) is 0 Å². The van der Waals surface area contributed by atoms with E-state index in [-0.39, 0.29) is 59.6 Å². The van der Waals surface area contributed by atoms with Crippen molar-refractivity contribution in [1.82, 2.24) is 0 Å². The Bertz CT molecular complexity index is 1130. The molecule has 1 aliphatic rings. The Morgan fingerprint density at radius 2 is 1.77 bits per heavy atom. The van der Waals surface area contributed by atoms with E-state index in [1.54, 1.807) is 32.3 Å². The summed E-state index contributed by atoms with van der Waals surface area (Å²) in [5.41, 5.74) is 6.71. The van der Waals surface area contributed by atoms with Gasteiger partial charge in [-0.05, 0) is 37.8 Å². The number of phenolic OH excluding ortho intramolecular Hbond substituents is 2. The third-order valence-corrected chi connectivity index (χ3v) is 7.63. The van der Waals surface area contributed by atoms with Crippen LogP contribution in [0.25, 0.3) is 0 Å². The third kappa shape index (κ3) is 8.33. The van der Waals surface area contributed by atoms with Crippen molar-refractivity contribution in [2.24, 2.45) is 29.4 Å². The minimum absolute atomic E-state index is 0.00510. The third-order valence-electron chi connectivity index (χ3n) is 7.63. The summed E-state index contributed by atoms with van der Waals surface area (Å²) in [4.78, 5) is 24.6. The van der Waals surface area contributed by atoms with Crippen LogP contribution in [0.15, 0.2) is 47.6 Å². The first-order valence-electron chi connectivity index (χ1n) is 13.5. The average Bonchev–Trinajstić information content (AvgIpc) is 2.88. The van der Waals surface area contributed by atoms with Gasteiger partial charge in [0, 0.05) is 54.6 Å². The molecular formula is C30H44N2O8. The van der Waals surface area contributed by atoms with E-state index in [0.717, 1.165) is 5.57 Å². The van der Waals surface area contributed by atoms with Crippen LogP contribution in [0.3, 0.4) is 0 Å². The van der Waals surface area contributed by atoms with Gasteiger partial charge in [-0.15, -0.1) is 0 Å². The molecule has 7 N–H and O–H groups in total. The van der Waals surface area contributed by atoms with Crippen LogP contribution in [0.2, 0.25) is 0 Å². The van der Waals surface area contributed by atoms with Crippen LogP contribution in [-0.2, 0) is 14.3 Å². The number of carbonyl (C=O) groups excluding carboxylic acids is 2. The molecule has 0 saturated carbocycles. The van der Waals surface area contributed by atoms with E-state index in [1.807, 2.05) is 33.8 Å². The van der Waals surface area contributed by atoms with Gasteiger partial charge in [-0.2, -0.15) is 0 Å². The lowest BCUT2D eigenvalue weighted by Gasteiger charge is -2.33. The van der Waals surface area contributed by atoms with E-state index in [1.165, 1.54) is 12.1 Å². The molecule has 0 aromatic heterocycles. The van der Waals surface area contributed by atoms with E-state index >= 15 is 0 Å². The fraction of sp³-hybridized carbons (Fsp3) is 0.533. The number of aromatic hydroxyl groups is 2. The van der Waals surface area contributed by atoms with Gasteiger partial charge in [-0.1, -0.05) is 45.1 Å². The second kappa shape index (κ2) is 14.9. The maximum Gasteiger partial charge on any atom is 0.405 e. The lowest BCUT2D eigenvalue weighted by atomic mass is 9.78. The number of fused-ring (bicyclic) bond motifs is 2. The van der Waals surface area contributed by atoms with Crippen molar-refractivity contribution >= 4 is 17.7 Å². The average molecular weight is 561 g/mol. The molecule has 2 rings (SSSR count). The molecule has 222 valence electrons. The number of methoxy groups -OCH3 is 1. The molecule has 2 amide bonds. The molecular weight excluding hydrogens is 516 g/mol. The second-order valence-corrected chi connectivity index (χ2v) is 10.8. The minimum atomic E-state index is -0.916. The molecule has 10 heteroatoms. The summed E-state index contributed by atoms with van der Waals surface area (Å²) in [5.74, 6) is -2.69. The number of hydrogen-bond acceptors (Lipinski definition) is 8. The van der Waals surface area contributed by atoms with Crippen molar-refractivity contribution < 1.29 is 39.5 Å². The molecule has 1 aromatic rings. The molecule has 7 atom stereocenters. The quantitative estimate of drug-likeness (QED) is 0.182. The summed E-state index contributed by atoms with van der Waals surface area (Å²) in [6.07, 6.45) is 5.35. The van der Waals surface area contributed by atoms with E-state index in [2.05, 4.69) is 5.32 Å². The molecule has 0 radical (unpaired) electrons. The first-order chi connectivity index (χ1) is 18.8. The number of nitrogens with two attached hydrogens (primary N) is 1. The first kappa shape index (κ1) is 32.9. The fourth-order valence-corrected chi connectivity index (χ4v) is 5.51. The highest BCUT2D eigenvalue weighted by Crippen LogP contribution is 2.42. The molecule has 0 spiro atoms. The molecule has 10 nitrogen and oxygen atoms in total. The Morgan fingerprint density at radius 1 is 1.10 bits per heavy atom. The van der Waals surface area contributed by atoms with Gasteiger partial charge in [0.05, 0.1) is 18.4 Å². The Labute approximate surface area is 236 Å². The number of allylic oxidation sites excluding steroid dienone is 2. The summed E-state index contributed by atoms with van der Waals surface area (Å²) < 4.78 is 11.3. The van der Waals surface area contributed by atoms with Crippen molar-refractivity contribution in [2.75, 3.05) is 25.6 Å². The zero-order valence-electron chi connectivity index (χ0n) is 24.1. The molecule has 0 saturated heterocycles. The van der Waals surface area contributed by atoms with Crippen LogP contribution < -0.4 is 11.1 Å². The van der Waals surface area contributed by atoms with E-state index < -0.39 is 30.1 Å². The maximum atomic E-state index is 12.9. The number of phenols is 2. The summed E-state index contributed by atoms with van der Waals surface area (Å²) >= 11 is 0. The highest BCUT2D eigenvalue weighted by atomic mass is 16.6. The predicted octanol–water partition coefficient (Wildman–Crippen LogP) is 3.96. The number of aliphatic hydroxyl groups excluding tert-OH is 2. The van der Waals surface area contributed by atoms with Gasteiger partial charge < -0.3 is 41.0 Å². The summed E-state index contributed by atoms with van der Waals surface area (Å²) in [6, 6.07) is 2.61. The van der Waals surface area contributed by atoms with Crippen molar-refractivity contribution in [3.8, 4) is 11.5 Å². The van der Waals surface area contributed by atoms with E-state index in [0.29, 0.717) is 12.0 Å². The number of anilines is 1. The highest BCUT2D eigenvalue weighted by Gasteiger charge is 2.32. The lowest BCUT2D eigenvalue weighted by Crippen LogP contribution is -2.35. The molecule has 40 heavy (non-hydrogen) atoms. The lowest BCUT2D eigenvalue weighted by molar-refractivity contribution is -0.112. The number of hydrogen-bond donors (Lipinski definition) is 6. The van der Waals surface area contributed by atoms with Crippen LogP contribution >= 0.6 is 0 Å². The predicted molar refractivity (Wildman–Crippen MR) is 153 cm³/mol. The minimum Gasteiger partial charge on any atom is -0.508 e. The summed E-state index contributed by atoms with van der Waals surface area (Å²) in [6.45, 7) is 8.56. The topological polar surface area (TPSA) is 172 Å². The largest absolute Gasteiger partial charge is 0.508 e. The number of primary amides is 1. The molecule has 0 aliphatic carbocycles. The van der Waals surface area contributed by atoms with Crippen LogP contribution in [0.4, 0.5) is 10.5 Å². The van der Waals surface area contributed by atoms with Gasteiger partial charge in [0.25, 0.3) is 5.91 Å². The number of benzene rings is 1. The van der Waals surface area contributed by atoms with Gasteiger partial charge in [-0.3, -0.25) is 4.79 Å². The summed E-state index contributed by atoms with van der Waals surface area (Å²) in [5, 5.41) is 44.7. The molecule has 2 bridgehead atoms. The van der Waals surface area contributed by atoms with Crippen molar-refractivity contribution in [2.45, 2.75) is 59.2 Å². The van der Waals surface area contributed by atoms with Crippen LogP contribution in [0.1, 0.15) is 52.5 Å². The van der Waals surface area contributed by atoms with Gasteiger partial charge in [-0.25, -0.2) is 4.79 Å². The van der Waals surface area contributed by atoms with Crippen LogP contribution in [0, 0.1) is 23.7 Å². The molecule has 1 aromatic carbocycles.